The van der Waals surface area contributed by atoms with E-state index in [0.717, 1.165) is 43.1 Å². The third-order valence-corrected chi connectivity index (χ3v) is 3.42. The standard InChI is InChI=1S/C12H22N4O2/c1-9-11(13)12(15(2)14-9)16-5-3-10(4-6-16)18-8-7-17/h10,17H,3-8,13H2,1-2H3. The predicted octanol–water partition coefficient (Wildman–Crippen LogP) is 0.288. The van der Waals surface area contributed by atoms with Crippen LogP contribution in [0.2, 0.25) is 0 Å². The van der Waals surface area contributed by atoms with Gasteiger partial charge in [0.05, 0.1) is 30.7 Å². The molecule has 1 aliphatic rings. The number of ether oxygens (including phenoxy) is 1. The van der Waals surface area contributed by atoms with E-state index in [1.54, 1.807) is 0 Å². The lowest BCUT2D eigenvalue weighted by atomic mass is 10.1. The molecule has 3 N–H and O–H groups in total. The molecule has 0 saturated carbocycles. The van der Waals surface area contributed by atoms with E-state index in [1.165, 1.54) is 0 Å². The molecular formula is C12H22N4O2. The maximum atomic E-state index is 8.74. The Labute approximate surface area is 107 Å². The van der Waals surface area contributed by atoms with E-state index in [0.29, 0.717) is 6.61 Å². The summed E-state index contributed by atoms with van der Waals surface area (Å²) in [7, 11) is 1.92. The van der Waals surface area contributed by atoms with Gasteiger partial charge in [-0.25, -0.2) is 0 Å². The van der Waals surface area contributed by atoms with Crippen molar-refractivity contribution in [2.75, 3.05) is 36.9 Å². The van der Waals surface area contributed by atoms with Crippen molar-refractivity contribution in [3.63, 3.8) is 0 Å². The highest BCUT2D eigenvalue weighted by atomic mass is 16.5. The highest BCUT2D eigenvalue weighted by Gasteiger charge is 2.24. The summed E-state index contributed by atoms with van der Waals surface area (Å²) in [5.41, 5.74) is 7.71. The lowest BCUT2D eigenvalue weighted by Crippen LogP contribution is -2.38. The van der Waals surface area contributed by atoms with Crippen LogP contribution in [0.25, 0.3) is 0 Å². The van der Waals surface area contributed by atoms with Crippen LogP contribution >= 0.6 is 0 Å². The van der Waals surface area contributed by atoms with Crippen LogP contribution in [-0.4, -0.2) is 47.3 Å². The first-order valence-electron chi connectivity index (χ1n) is 6.40. The Bertz CT molecular complexity index is 397. The molecule has 0 spiro atoms. The molecule has 0 bridgehead atoms. The van der Waals surface area contributed by atoms with Gasteiger partial charge in [-0.3, -0.25) is 4.68 Å². The van der Waals surface area contributed by atoms with Gasteiger partial charge in [0.2, 0.25) is 0 Å². The molecular weight excluding hydrogens is 232 g/mol. The molecule has 2 heterocycles. The van der Waals surface area contributed by atoms with Crippen molar-refractivity contribution >= 4 is 11.5 Å². The van der Waals surface area contributed by atoms with Crippen molar-refractivity contribution in [2.45, 2.75) is 25.9 Å². The number of nitrogens with zero attached hydrogens (tertiary/aromatic N) is 3. The third-order valence-electron chi connectivity index (χ3n) is 3.42. The first kappa shape index (κ1) is 13.2. The van der Waals surface area contributed by atoms with E-state index in [4.69, 9.17) is 15.6 Å². The number of rotatable bonds is 4. The Morgan fingerprint density at radius 1 is 1.44 bits per heavy atom. The Morgan fingerprint density at radius 2 is 2.11 bits per heavy atom. The lowest BCUT2D eigenvalue weighted by Gasteiger charge is -2.33. The molecule has 1 saturated heterocycles. The van der Waals surface area contributed by atoms with E-state index < -0.39 is 0 Å². The fourth-order valence-corrected chi connectivity index (χ4v) is 2.49. The number of nitrogen functional groups attached to an aromatic ring is 1. The average molecular weight is 254 g/mol. The molecule has 0 aliphatic carbocycles. The van der Waals surface area contributed by atoms with Crippen LogP contribution in [0.5, 0.6) is 0 Å². The largest absolute Gasteiger partial charge is 0.394 e. The second-order valence-corrected chi connectivity index (χ2v) is 4.73. The SMILES string of the molecule is Cc1nn(C)c(N2CCC(OCCO)CC2)c1N. The number of hydrogen-bond donors (Lipinski definition) is 2. The van der Waals surface area contributed by atoms with Crippen LogP contribution in [0.4, 0.5) is 11.5 Å². The molecule has 18 heavy (non-hydrogen) atoms. The third kappa shape index (κ3) is 2.59. The zero-order valence-corrected chi connectivity index (χ0v) is 11.1. The van der Waals surface area contributed by atoms with Crippen molar-refractivity contribution in [1.29, 1.82) is 0 Å². The second-order valence-electron chi connectivity index (χ2n) is 4.73. The Morgan fingerprint density at radius 3 is 2.61 bits per heavy atom. The summed E-state index contributed by atoms with van der Waals surface area (Å²) in [6, 6.07) is 0. The van der Waals surface area contributed by atoms with Crippen LogP contribution in [0.3, 0.4) is 0 Å². The highest BCUT2D eigenvalue weighted by molar-refractivity contribution is 5.66. The van der Waals surface area contributed by atoms with Crippen molar-refractivity contribution in [1.82, 2.24) is 9.78 Å². The van der Waals surface area contributed by atoms with Crippen LogP contribution in [0.1, 0.15) is 18.5 Å². The summed E-state index contributed by atoms with van der Waals surface area (Å²) >= 11 is 0. The number of aliphatic hydroxyl groups excluding tert-OH is 1. The molecule has 1 aromatic heterocycles. The van der Waals surface area contributed by atoms with Gasteiger partial charge >= 0.3 is 0 Å². The molecule has 0 atom stereocenters. The molecule has 0 aromatic carbocycles. The van der Waals surface area contributed by atoms with Crippen LogP contribution in [0.15, 0.2) is 0 Å². The van der Waals surface area contributed by atoms with Gasteiger partial charge in [-0.05, 0) is 19.8 Å². The molecule has 6 heteroatoms. The van der Waals surface area contributed by atoms with Gasteiger partial charge in [-0.15, -0.1) is 0 Å². The summed E-state index contributed by atoms with van der Waals surface area (Å²) in [5.74, 6) is 1.01. The van der Waals surface area contributed by atoms with E-state index in [2.05, 4.69) is 10.00 Å². The maximum Gasteiger partial charge on any atom is 0.150 e. The van der Waals surface area contributed by atoms with Crippen LogP contribution in [-0.2, 0) is 11.8 Å². The van der Waals surface area contributed by atoms with Crippen LogP contribution in [0, 0.1) is 6.92 Å². The van der Waals surface area contributed by atoms with Gasteiger partial charge < -0.3 is 20.5 Å². The quantitative estimate of drug-likeness (QED) is 0.807. The normalized spacial score (nSPS) is 17.4. The lowest BCUT2D eigenvalue weighted by molar-refractivity contribution is 0.0158. The minimum Gasteiger partial charge on any atom is -0.394 e. The fourth-order valence-electron chi connectivity index (χ4n) is 2.49. The fraction of sp³-hybridized carbons (Fsp3) is 0.750. The molecule has 1 aliphatic heterocycles. The number of aryl methyl sites for hydroxylation is 2. The molecule has 1 fully saturated rings. The van der Waals surface area contributed by atoms with E-state index in [-0.39, 0.29) is 12.7 Å². The second kappa shape index (κ2) is 5.58. The Hall–Kier alpha value is -1.27. The van der Waals surface area contributed by atoms with Crippen molar-refractivity contribution in [2.24, 2.45) is 7.05 Å². The van der Waals surface area contributed by atoms with Gasteiger partial charge in [0, 0.05) is 20.1 Å². The number of piperidine rings is 1. The molecule has 1 aromatic rings. The molecule has 0 unspecified atom stereocenters. The van der Waals surface area contributed by atoms with Gasteiger partial charge in [0.25, 0.3) is 0 Å². The minimum atomic E-state index is 0.0914. The van der Waals surface area contributed by atoms with Gasteiger partial charge in [-0.2, -0.15) is 5.10 Å². The van der Waals surface area contributed by atoms with Crippen molar-refractivity contribution in [3.05, 3.63) is 5.69 Å². The first-order valence-corrected chi connectivity index (χ1v) is 6.40. The molecule has 0 amide bonds. The Balaban J connectivity index is 1.97. The van der Waals surface area contributed by atoms with Crippen LogP contribution < -0.4 is 10.6 Å². The highest BCUT2D eigenvalue weighted by Crippen LogP contribution is 2.28. The topological polar surface area (TPSA) is 76.5 Å². The Kier molecular flexibility index (Phi) is 4.08. The monoisotopic (exact) mass is 254 g/mol. The number of aliphatic hydroxyl groups is 1. The zero-order chi connectivity index (χ0) is 13.1. The van der Waals surface area contributed by atoms with Gasteiger partial charge in [0.15, 0.2) is 0 Å². The number of nitrogens with two attached hydrogens (primary N) is 1. The molecule has 102 valence electrons. The smallest absolute Gasteiger partial charge is 0.150 e. The number of hydrogen-bond acceptors (Lipinski definition) is 5. The van der Waals surface area contributed by atoms with Crippen molar-refractivity contribution < 1.29 is 9.84 Å². The minimum absolute atomic E-state index is 0.0914. The first-order chi connectivity index (χ1) is 8.63. The summed E-state index contributed by atoms with van der Waals surface area (Å²) in [6.07, 6.45) is 2.18. The maximum absolute atomic E-state index is 8.74. The number of anilines is 2. The predicted molar refractivity (Wildman–Crippen MR) is 70.6 cm³/mol. The zero-order valence-electron chi connectivity index (χ0n) is 11.1. The summed E-state index contributed by atoms with van der Waals surface area (Å²) in [6.45, 7) is 4.28. The summed E-state index contributed by atoms with van der Waals surface area (Å²) in [5, 5.41) is 13.1. The molecule has 6 nitrogen and oxygen atoms in total. The number of aromatic nitrogens is 2. The van der Waals surface area contributed by atoms with E-state index in [1.807, 2.05) is 18.7 Å². The summed E-state index contributed by atoms with van der Waals surface area (Å²) in [4.78, 5) is 2.26. The van der Waals surface area contributed by atoms with Gasteiger partial charge in [0.1, 0.15) is 5.82 Å². The van der Waals surface area contributed by atoms with Crippen molar-refractivity contribution in [3.8, 4) is 0 Å². The molecule has 0 radical (unpaired) electrons. The molecule has 2 rings (SSSR count). The summed E-state index contributed by atoms with van der Waals surface area (Å²) < 4.78 is 7.40. The van der Waals surface area contributed by atoms with Gasteiger partial charge in [-0.1, -0.05) is 0 Å². The van der Waals surface area contributed by atoms with E-state index >= 15 is 0 Å². The average Bonchev–Trinajstić information content (AvgIpc) is 2.62. The van der Waals surface area contributed by atoms with E-state index in [9.17, 15) is 0 Å².